The molecule has 18 heteroatoms. The van der Waals surface area contributed by atoms with Crippen LogP contribution in [0.2, 0.25) is 0 Å². The fraction of sp³-hybridized carbons (Fsp3) is 0.511. The van der Waals surface area contributed by atoms with Crippen LogP contribution in [0.5, 0.6) is 0 Å². The van der Waals surface area contributed by atoms with E-state index in [4.69, 9.17) is 14.5 Å². The highest BCUT2D eigenvalue weighted by atomic mass is 19.3. The number of rotatable bonds is 10. The number of carbonyl (C=O) groups excluding carboxylic acids is 2. The van der Waals surface area contributed by atoms with Gasteiger partial charge in [-0.25, -0.2) is 23.1 Å². The van der Waals surface area contributed by atoms with Gasteiger partial charge in [0.15, 0.2) is 11.3 Å². The average Bonchev–Trinajstić information content (AvgIpc) is 4.13. The Bertz CT molecular complexity index is 2690. The van der Waals surface area contributed by atoms with E-state index in [-0.39, 0.29) is 47.1 Å². The van der Waals surface area contributed by atoms with Crippen molar-refractivity contribution in [1.82, 2.24) is 43.7 Å². The zero-order valence-corrected chi connectivity index (χ0v) is 35.2. The molecule has 0 spiro atoms. The van der Waals surface area contributed by atoms with Crippen LogP contribution in [0.3, 0.4) is 0 Å². The van der Waals surface area contributed by atoms with Crippen LogP contribution in [-0.4, -0.2) is 108 Å². The molecule has 1 unspecified atom stereocenters. The van der Waals surface area contributed by atoms with Gasteiger partial charge >= 0.3 is 5.69 Å². The molecule has 330 valence electrons. The molecular formula is C45H51F2N11O5. The smallest absolute Gasteiger partial charge is 0.329 e. The standard InChI is InChI=1S/C45H51F2N11O5/c1-27-5-11-37(44(60)49-27)58-36-12-8-28(20-38(36)53(2)45(58)61)4-3-19-62-32-13-16-54(17-14-32)23-29-6-9-30(10-7-29)57-25-35(40(52-57)41(46)47)50-43(59)34-22-48-56-18-15-39(51-42(34)56)55-24-33-21-31(55)26-63-33/h8,12,15,18,20,22,25,29-33,37,41H,1,5-7,9-11,13-14,16-17,19,21,23-24,26H2,2H3,(H,49,60)(H,50,59)/t29?,30?,31-,33-,37?/m1/s1. The number of hydrogen-bond acceptors (Lipinski definition) is 10. The number of aryl methyl sites for hydroxylation is 1. The molecule has 63 heavy (non-hydrogen) atoms. The van der Waals surface area contributed by atoms with Crippen molar-refractivity contribution in [3.63, 3.8) is 0 Å². The second-order valence-electron chi connectivity index (χ2n) is 17.6. The number of fused-ring (bicyclic) bond motifs is 4. The van der Waals surface area contributed by atoms with Gasteiger partial charge in [-0.3, -0.25) is 23.4 Å². The van der Waals surface area contributed by atoms with Crippen LogP contribution in [0.25, 0.3) is 16.7 Å². The largest absolute Gasteiger partial charge is 0.374 e. The number of anilines is 2. The van der Waals surface area contributed by atoms with Crippen molar-refractivity contribution in [2.75, 3.05) is 49.6 Å². The van der Waals surface area contributed by atoms with E-state index < -0.39 is 24.1 Å². The van der Waals surface area contributed by atoms with Gasteiger partial charge < -0.3 is 29.9 Å². The third-order valence-electron chi connectivity index (χ3n) is 13.6. The number of morpholine rings is 1. The number of carbonyl (C=O) groups is 2. The predicted octanol–water partition coefficient (Wildman–Crippen LogP) is 4.98. The fourth-order valence-corrected chi connectivity index (χ4v) is 10.2. The maximum atomic E-state index is 14.3. The molecule has 5 aromatic rings. The second kappa shape index (κ2) is 17.0. The third-order valence-corrected chi connectivity index (χ3v) is 13.6. The summed E-state index contributed by atoms with van der Waals surface area (Å²) in [5.74, 6) is 6.76. The van der Waals surface area contributed by atoms with Crippen LogP contribution in [0.4, 0.5) is 20.3 Å². The van der Waals surface area contributed by atoms with Crippen LogP contribution in [0.15, 0.2) is 59.9 Å². The first kappa shape index (κ1) is 41.1. The van der Waals surface area contributed by atoms with E-state index in [1.807, 2.05) is 24.3 Å². The number of aromatic nitrogens is 7. The summed E-state index contributed by atoms with van der Waals surface area (Å²) in [6.45, 7) is 8.39. The molecule has 1 aromatic carbocycles. The normalized spacial score (nSPS) is 24.4. The van der Waals surface area contributed by atoms with Gasteiger partial charge in [0.2, 0.25) is 5.91 Å². The Hall–Kier alpha value is -5.90. The van der Waals surface area contributed by atoms with Crippen molar-refractivity contribution >= 4 is 40.0 Å². The minimum atomic E-state index is -2.86. The third kappa shape index (κ3) is 8.13. The summed E-state index contributed by atoms with van der Waals surface area (Å²) in [5, 5.41) is 14.0. The Morgan fingerprint density at radius 2 is 1.90 bits per heavy atom. The lowest BCUT2D eigenvalue weighted by molar-refractivity contribution is -0.124. The number of nitrogens with one attached hydrogen (secondary N) is 2. The number of nitrogens with zero attached hydrogens (tertiary/aromatic N) is 9. The van der Waals surface area contributed by atoms with E-state index >= 15 is 0 Å². The van der Waals surface area contributed by atoms with Crippen molar-refractivity contribution in [2.24, 2.45) is 13.0 Å². The lowest BCUT2D eigenvalue weighted by Gasteiger charge is -2.36. The zero-order chi connectivity index (χ0) is 43.4. The Kier molecular flexibility index (Phi) is 11.1. The molecular weight excluding hydrogens is 813 g/mol. The Balaban J connectivity index is 0.688. The maximum Gasteiger partial charge on any atom is 0.329 e. The quantitative estimate of drug-likeness (QED) is 0.184. The highest BCUT2D eigenvalue weighted by molar-refractivity contribution is 6.08. The van der Waals surface area contributed by atoms with Crippen LogP contribution < -0.4 is 21.2 Å². The van der Waals surface area contributed by atoms with E-state index in [0.29, 0.717) is 48.8 Å². The second-order valence-corrected chi connectivity index (χ2v) is 17.6. The van der Waals surface area contributed by atoms with E-state index in [1.54, 1.807) is 33.3 Å². The predicted molar refractivity (Wildman–Crippen MR) is 230 cm³/mol. The van der Waals surface area contributed by atoms with Crippen molar-refractivity contribution in [3.8, 4) is 11.8 Å². The van der Waals surface area contributed by atoms with Gasteiger partial charge in [0.05, 0.1) is 53.8 Å². The highest BCUT2D eigenvalue weighted by Crippen LogP contribution is 2.36. The molecule has 2 amide bonds. The molecule has 2 bridgehead atoms. The minimum absolute atomic E-state index is 0.00191. The Morgan fingerprint density at radius 1 is 1.08 bits per heavy atom. The van der Waals surface area contributed by atoms with Gasteiger partial charge in [-0.15, -0.1) is 0 Å². The number of alkyl halides is 2. The van der Waals surface area contributed by atoms with Crippen LogP contribution in [-0.2, 0) is 21.3 Å². The molecule has 10 rings (SSSR count). The van der Waals surface area contributed by atoms with Crippen molar-refractivity contribution < 1.29 is 27.8 Å². The summed E-state index contributed by atoms with van der Waals surface area (Å²) in [6, 6.07) is 7.10. The Morgan fingerprint density at radius 3 is 2.65 bits per heavy atom. The van der Waals surface area contributed by atoms with Crippen LogP contribution in [0.1, 0.15) is 97.9 Å². The summed E-state index contributed by atoms with van der Waals surface area (Å²) >= 11 is 0. The van der Waals surface area contributed by atoms with E-state index in [0.717, 1.165) is 88.0 Å². The monoisotopic (exact) mass is 863 g/mol. The average molecular weight is 864 g/mol. The van der Waals surface area contributed by atoms with Crippen molar-refractivity contribution in [3.05, 3.63) is 82.4 Å². The van der Waals surface area contributed by atoms with Gasteiger partial charge in [0.1, 0.15) is 24.0 Å². The molecule has 16 nitrogen and oxygen atoms in total. The van der Waals surface area contributed by atoms with Crippen LogP contribution in [0, 0.1) is 17.8 Å². The lowest BCUT2D eigenvalue weighted by atomic mass is 9.85. The first-order chi connectivity index (χ1) is 30.6. The summed E-state index contributed by atoms with van der Waals surface area (Å²) in [5.41, 5.74) is 2.72. The van der Waals surface area contributed by atoms with Gasteiger partial charge in [-0.05, 0) is 88.0 Å². The van der Waals surface area contributed by atoms with Crippen molar-refractivity contribution in [1.29, 1.82) is 0 Å². The highest BCUT2D eigenvalue weighted by Gasteiger charge is 2.40. The molecule has 3 atom stereocenters. The summed E-state index contributed by atoms with van der Waals surface area (Å²) in [6.07, 6.45) is 9.65. The van der Waals surface area contributed by atoms with E-state index in [2.05, 4.69) is 49.1 Å². The molecule has 4 aromatic heterocycles. The minimum Gasteiger partial charge on any atom is -0.374 e. The molecule has 4 saturated heterocycles. The van der Waals surface area contributed by atoms with Gasteiger partial charge in [-0.2, -0.15) is 10.2 Å². The van der Waals surface area contributed by atoms with Crippen molar-refractivity contribution in [2.45, 2.75) is 94.5 Å². The molecule has 2 N–H and O–H groups in total. The molecule has 4 aliphatic heterocycles. The SMILES string of the molecule is C=C1CCC(n2c(=O)n(C)c3cc(C#CCOC4CCN(CC5CCC(n6cc(NC(=O)c7cnn8ccc(N9C[C@H]%10C[C@@H]9CO%10)nc78)c(C(F)F)n6)CC5)CC4)ccc32)C(=O)N1. The number of allylic oxidation sites excluding steroid dienone is 1. The fourth-order valence-electron chi connectivity index (χ4n) is 10.2. The number of piperidine rings is 2. The summed E-state index contributed by atoms with van der Waals surface area (Å²) in [7, 11) is 1.71. The first-order valence-corrected chi connectivity index (χ1v) is 22.0. The number of halogens is 2. The lowest BCUT2D eigenvalue weighted by Crippen LogP contribution is -2.40. The first-order valence-electron chi connectivity index (χ1n) is 22.0. The molecule has 0 radical (unpaired) electrons. The number of hydrogen-bond donors (Lipinski definition) is 2. The summed E-state index contributed by atoms with van der Waals surface area (Å²) in [4.78, 5) is 48.8. The molecule has 8 heterocycles. The number of amides is 2. The number of likely N-dealkylation sites (tertiary alicyclic amines) is 1. The van der Waals surface area contributed by atoms with Gasteiger partial charge in [0, 0.05) is 56.9 Å². The summed E-state index contributed by atoms with van der Waals surface area (Å²) < 4.78 is 46.7. The molecule has 1 aliphatic carbocycles. The number of imidazole rings is 1. The van der Waals surface area contributed by atoms with Crippen LogP contribution >= 0.6 is 0 Å². The topological polar surface area (TPSA) is 158 Å². The number of benzene rings is 1. The molecule has 5 fully saturated rings. The maximum absolute atomic E-state index is 14.3. The molecule has 1 saturated carbocycles. The zero-order valence-electron chi connectivity index (χ0n) is 35.2. The van der Waals surface area contributed by atoms with E-state index in [9.17, 15) is 23.2 Å². The van der Waals surface area contributed by atoms with Gasteiger partial charge in [0.25, 0.3) is 12.3 Å². The van der Waals surface area contributed by atoms with E-state index in [1.165, 1.54) is 10.7 Å². The molecule has 5 aliphatic rings. The number of ether oxygens (including phenoxy) is 2. The van der Waals surface area contributed by atoms with Gasteiger partial charge in [-0.1, -0.05) is 18.4 Å². The Labute approximate surface area is 362 Å².